The van der Waals surface area contributed by atoms with E-state index in [1.165, 1.54) is 0 Å². The Morgan fingerprint density at radius 2 is 2.24 bits per heavy atom. The van der Waals surface area contributed by atoms with Crippen LogP contribution < -0.4 is 0 Å². The molecule has 0 bridgehead atoms. The van der Waals surface area contributed by atoms with Gasteiger partial charge in [-0.25, -0.2) is 0 Å². The third-order valence-corrected chi connectivity index (χ3v) is 3.32. The highest BCUT2D eigenvalue weighted by molar-refractivity contribution is 5.27. The first kappa shape index (κ1) is 12.6. The van der Waals surface area contributed by atoms with Gasteiger partial charge in [-0.2, -0.15) is 5.10 Å². The Hall–Kier alpha value is -0.870. The van der Waals surface area contributed by atoms with Crippen molar-refractivity contribution in [2.75, 3.05) is 13.2 Å². The number of aromatic nitrogens is 2. The summed E-state index contributed by atoms with van der Waals surface area (Å²) in [5.74, 6) is 0.209. The molecular formula is C13H22N2O2. The average molecular weight is 238 g/mol. The van der Waals surface area contributed by atoms with Gasteiger partial charge < -0.3 is 9.84 Å². The second kappa shape index (κ2) is 4.42. The number of hydrogen-bond donors (Lipinski definition) is 1. The molecule has 0 aliphatic carbocycles. The van der Waals surface area contributed by atoms with Gasteiger partial charge in [-0.15, -0.1) is 0 Å². The van der Waals surface area contributed by atoms with E-state index in [0.717, 1.165) is 24.3 Å². The van der Waals surface area contributed by atoms with Crippen molar-refractivity contribution in [2.24, 2.45) is 13.0 Å². The lowest BCUT2D eigenvalue weighted by atomic mass is 9.85. The molecule has 0 radical (unpaired) electrons. The molecule has 0 spiro atoms. The highest BCUT2D eigenvalue weighted by Crippen LogP contribution is 2.38. The first-order valence-corrected chi connectivity index (χ1v) is 6.20. The van der Waals surface area contributed by atoms with Crippen molar-refractivity contribution >= 4 is 0 Å². The fourth-order valence-corrected chi connectivity index (χ4v) is 2.46. The second-order valence-electron chi connectivity index (χ2n) is 5.88. The van der Waals surface area contributed by atoms with Crippen molar-refractivity contribution in [3.8, 4) is 0 Å². The van der Waals surface area contributed by atoms with E-state index in [0.29, 0.717) is 0 Å². The molecule has 2 unspecified atom stereocenters. The molecule has 1 N–H and O–H groups in total. The zero-order valence-electron chi connectivity index (χ0n) is 11.1. The predicted molar refractivity (Wildman–Crippen MR) is 65.8 cm³/mol. The summed E-state index contributed by atoms with van der Waals surface area (Å²) >= 11 is 0. The van der Waals surface area contributed by atoms with Crippen molar-refractivity contribution in [3.63, 3.8) is 0 Å². The summed E-state index contributed by atoms with van der Waals surface area (Å²) in [4.78, 5) is 0. The Morgan fingerprint density at radius 1 is 1.53 bits per heavy atom. The normalized spacial score (nSPS) is 25.5. The van der Waals surface area contributed by atoms with E-state index in [9.17, 15) is 5.11 Å². The molecule has 0 aromatic carbocycles. The number of aryl methyl sites for hydroxylation is 1. The van der Waals surface area contributed by atoms with Crippen LogP contribution in [0.5, 0.6) is 0 Å². The third kappa shape index (κ3) is 2.38. The summed E-state index contributed by atoms with van der Waals surface area (Å²) < 4.78 is 7.62. The molecule has 96 valence electrons. The number of rotatable bonds is 2. The van der Waals surface area contributed by atoms with Crippen LogP contribution >= 0.6 is 0 Å². The van der Waals surface area contributed by atoms with Crippen LogP contribution in [0.4, 0.5) is 0 Å². The Labute approximate surface area is 103 Å². The van der Waals surface area contributed by atoms with Crippen molar-refractivity contribution < 1.29 is 9.84 Å². The number of ether oxygens (including phenoxy) is 1. The fraction of sp³-hybridized carbons (Fsp3) is 0.769. The quantitative estimate of drug-likeness (QED) is 0.854. The van der Waals surface area contributed by atoms with Crippen LogP contribution in [0, 0.1) is 5.92 Å². The van der Waals surface area contributed by atoms with Crippen LogP contribution in [-0.2, 0) is 17.2 Å². The molecule has 1 aromatic heterocycles. The average Bonchev–Trinajstić information content (AvgIpc) is 2.81. The highest BCUT2D eigenvalue weighted by atomic mass is 16.5. The van der Waals surface area contributed by atoms with E-state index in [1.54, 1.807) is 0 Å². The van der Waals surface area contributed by atoms with Crippen molar-refractivity contribution in [3.05, 3.63) is 17.5 Å². The Bertz CT molecular complexity index is 393. The molecule has 0 saturated carbocycles. The monoisotopic (exact) mass is 238 g/mol. The first-order valence-electron chi connectivity index (χ1n) is 6.20. The van der Waals surface area contributed by atoms with Gasteiger partial charge >= 0.3 is 0 Å². The zero-order chi connectivity index (χ0) is 12.6. The lowest BCUT2D eigenvalue weighted by Gasteiger charge is -2.22. The fourth-order valence-electron chi connectivity index (χ4n) is 2.46. The predicted octanol–water partition coefficient (Wildman–Crippen LogP) is 1.79. The molecule has 2 heterocycles. The minimum Gasteiger partial charge on any atom is -0.396 e. The number of aliphatic hydroxyl groups is 1. The summed E-state index contributed by atoms with van der Waals surface area (Å²) in [6.07, 6.45) is 2.96. The Kier molecular flexibility index (Phi) is 3.27. The van der Waals surface area contributed by atoms with E-state index in [4.69, 9.17) is 4.74 Å². The van der Waals surface area contributed by atoms with Gasteiger partial charge in [-0.05, 0) is 6.42 Å². The molecule has 1 saturated heterocycles. The van der Waals surface area contributed by atoms with E-state index >= 15 is 0 Å². The molecule has 1 fully saturated rings. The topological polar surface area (TPSA) is 47.3 Å². The van der Waals surface area contributed by atoms with Gasteiger partial charge in [0.25, 0.3) is 0 Å². The maximum absolute atomic E-state index is 9.39. The lowest BCUT2D eigenvalue weighted by molar-refractivity contribution is 0.0707. The second-order valence-corrected chi connectivity index (χ2v) is 5.88. The van der Waals surface area contributed by atoms with Gasteiger partial charge in [0, 0.05) is 43.4 Å². The van der Waals surface area contributed by atoms with E-state index in [1.807, 2.05) is 17.9 Å². The SMILES string of the molecule is Cn1cc(C2OCCC2CO)c(C(C)(C)C)n1. The van der Waals surface area contributed by atoms with Crippen LogP contribution in [0.3, 0.4) is 0 Å². The van der Waals surface area contributed by atoms with Crippen LogP contribution in [0.25, 0.3) is 0 Å². The third-order valence-electron chi connectivity index (χ3n) is 3.32. The summed E-state index contributed by atoms with van der Waals surface area (Å²) in [6.45, 7) is 7.38. The van der Waals surface area contributed by atoms with Gasteiger partial charge in [-0.3, -0.25) is 4.68 Å². The molecule has 1 aromatic rings. The Morgan fingerprint density at radius 3 is 2.82 bits per heavy atom. The molecule has 4 heteroatoms. The molecule has 1 aliphatic heterocycles. The minimum absolute atomic E-state index is 0.00253. The van der Waals surface area contributed by atoms with Gasteiger partial charge in [-0.1, -0.05) is 20.8 Å². The molecule has 1 aliphatic rings. The molecule has 2 rings (SSSR count). The summed E-state index contributed by atoms with van der Waals surface area (Å²) in [6, 6.07) is 0. The highest BCUT2D eigenvalue weighted by Gasteiger charge is 2.34. The number of hydrogen-bond acceptors (Lipinski definition) is 3. The van der Waals surface area contributed by atoms with Crippen LogP contribution in [0.2, 0.25) is 0 Å². The molecular weight excluding hydrogens is 216 g/mol. The molecule has 0 amide bonds. The smallest absolute Gasteiger partial charge is 0.0909 e. The van der Waals surface area contributed by atoms with Gasteiger partial charge in [0.2, 0.25) is 0 Å². The van der Waals surface area contributed by atoms with Crippen molar-refractivity contribution in [1.82, 2.24) is 9.78 Å². The van der Waals surface area contributed by atoms with E-state index in [-0.39, 0.29) is 24.0 Å². The van der Waals surface area contributed by atoms with Crippen molar-refractivity contribution in [1.29, 1.82) is 0 Å². The zero-order valence-corrected chi connectivity index (χ0v) is 11.1. The summed E-state index contributed by atoms with van der Waals surface area (Å²) in [7, 11) is 1.93. The maximum Gasteiger partial charge on any atom is 0.0909 e. The molecule has 4 nitrogen and oxygen atoms in total. The lowest BCUT2D eigenvalue weighted by Crippen LogP contribution is -2.19. The number of aliphatic hydroxyl groups excluding tert-OH is 1. The molecule has 2 atom stereocenters. The number of nitrogens with zero attached hydrogens (tertiary/aromatic N) is 2. The van der Waals surface area contributed by atoms with Gasteiger partial charge in [0.05, 0.1) is 11.8 Å². The minimum atomic E-state index is 0.00253. The summed E-state index contributed by atoms with van der Waals surface area (Å²) in [5.41, 5.74) is 2.21. The van der Waals surface area contributed by atoms with Crippen LogP contribution in [-0.4, -0.2) is 28.1 Å². The maximum atomic E-state index is 9.39. The van der Waals surface area contributed by atoms with Crippen LogP contribution in [0.15, 0.2) is 6.20 Å². The van der Waals surface area contributed by atoms with Gasteiger partial charge in [0.1, 0.15) is 0 Å². The van der Waals surface area contributed by atoms with Crippen molar-refractivity contribution in [2.45, 2.75) is 38.7 Å². The first-order chi connectivity index (χ1) is 7.93. The largest absolute Gasteiger partial charge is 0.396 e. The standard InChI is InChI=1S/C13H22N2O2/c1-13(2,3)12-10(7-15(4)14-12)11-9(8-16)5-6-17-11/h7,9,11,16H,5-6,8H2,1-4H3. The van der Waals surface area contributed by atoms with Gasteiger partial charge in [0.15, 0.2) is 0 Å². The molecule has 17 heavy (non-hydrogen) atoms. The van der Waals surface area contributed by atoms with E-state index in [2.05, 4.69) is 25.9 Å². The van der Waals surface area contributed by atoms with Crippen LogP contribution in [0.1, 0.15) is 44.6 Å². The summed E-state index contributed by atoms with van der Waals surface area (Å²) in [5, 5.41) is 13.9. The Balaban J connectivity index is 2.38. The van der Waals surface area contributed by atoms with E-state index < -0.39 is 0 Å².